The van der Waals surface area contributed by atoms with Crippen LogP contribution in [0.3, 0.4) is 0 Å². The minimum atomic E-state index is -1.15. The molecule has 5 N–H and O–H groups in total. The molecule has 35 heavy (non-hydrogen) atoms. The van der Waals surface area contributed by atoms with Crippen LogP contribution in [0.15, 0.2) is 54.6 Å². The van der Waals surface area contributed by atoms with E-state index < -0.39 is 36.1 Å². The number of methoxy groups -OCH3 is 1. The first kappa shape index (κ1) is 27.8. The summed E-state index contributed by atoms with van der Waals surface area (Å²) in [5.74, 6) is -3.04. The summed E-state index contributed by atoms with van der Waals surface area (Å²) in [6, 6.07) is 12.8. The minimum absolute atomic E-state index is 0.195. The highest BCUT2D eigenvalue weighted by Gasteiger charge is 2.25. The van der Waals surface area contributed by atoms with Crippen LogP contribution in [0.25, 0.3) is 0 Å². The maximum atomic E-state index is 14.1. The lowest BCUT2D eigenvalue weighted by Gasteiger charge is -2.19. The molecular formula is C23H22B2F2O8. The third kappa shape index (κ3) is 7.27. The van der Waals surface area contributed by atoms with E-state index in [0.717, 1.165) is 25.7 Å². The number of phenolic OH excluding ortho intramolecular Hbond substituents is 1. The molecule has 0 aliphatic rings. The van der Waals surface area contributed by atoms with Crippen molar-refractivity contribution in [2.24, 2.45) is 0 Å². The van der Waals surface area contributed by atoms with Crippen LogP contribution in [0, 0.1) is 11.6 Å². The van der Waals surface area contributed by atoms with Crippen molar-refractivity contribution < 1.29 is 48.4 Å². The summed E-state index contributed by atoms with van der Waals surface area (Å²) in [7, 11) is 2.64. The fourth-order valence-corrected chi connectivity index (χ4v) is 2.95. The number of benzene rings is 3. The second kappa shape index (κ2) is 13.4. The number of halogens is 2. The Kier molecular flexibility index (Phi) is 10.7. The Morgan fingerprint density at radius 2 is 1.46 bits per heavy atom. The first-order valence-electron chi connectivity index (χ1n) is 10.1. The summed E-state index contributed by atoms with van der Waals surface area (Å²) < 4.78 is 36.9. The number of aliphatic hydroxyl groups is 2. The Morgan fingerprint density at radius 3 is 1.97 bits per heavy atom. The van der Waals surface area contributed by atoms with Gasteiger partial charge >= 0.3 is 20.9 Å². The third-order valence-corrected chi connectivity index (χ3v) is 4.78. The van der Waals surface area contributed by atoms with Crippen LogP contribution in [-0.2, 0) is 22.7 Å². The Balaban J connectivity index is 0.000000303. The average molecular weight is 486 g/mol. The number of hydrogen-bond donors (Lipinski definition) is 5. The van der Waals surface area contributed by atoms with Gasteiger partial charge in [0.15, 0.2) is 23.1 Å². The molecule has 0 aliphatic heterocycles. The van der Waals surface area contributed by atoms with Crippen molar-refractivity contribution in [1.82, 2.24) is 0 Å². The fourth-order valence-electron chi connectivity index (χ4n) is 2.95. The van der Waals surface area contributed by atoms with Gasteiger partial charge in [0, 0.05) is 5.56 Å². The van der Waals surface area contributed by atoms with E-state index in [1.807, 2.05) is 0 Å². The van der Waals surface area contributed by atoms with E-state index in [4.69, 9.17) is 34.8 Å². The molecule has 3 aromatic rings. The third-order valence-electron chi connectivity index (χ3n) is 4.78. The second-order valence-electron chi connectivity index (χ2n) is 6.99. The number of carbonyl (C=O) groups is 1. The van der Waals surface area contributed by atoms with E-state index in [2.05, 4.69) is 0 Å². The number of phenols is 1. The van der Waals surface area contributed by atoms with E-state index >= 15 is 0 Å². The fraction of sp³-hybridized carbons (Fsp3) is 0.174. The summed E-state index contributed by atoms with van der Waals surface area (Å²) in [4.78, 5) is 11.9. The molecule has 3 rings (SSSR count). The van der Waals surface area contributed by atoms with Crippen molar-refractivity contribution in [2.75, 3.05) is 7.11 Å². The molecule has 8 nitrogen and oxygen atoms in total. The number of ether oxygens (including phenoxy) is 2. The SMILES string of the molecule is COC(=O)C(Oc1cc([B]O)c(CO)cc1F)c1ccccc1.O[B]c1cc(O)c(F)cc1CO. The van der Waals surface area contributed by atoms with Gasteiger partial charge in [-0.15, -0.1) is 0 Å². The van der Waals surface area contributed by atoms with Gasteiger partial charge in [-0.1, -0.05) is 30.3 Å². The number of esters is 1. The Labute approximate surface area is 201 Å². The maximum absolute atomic E-state index is 14.1. The molecule has 182 valence electrons. The molecule has 0 aromatic heterocycles. The predicted octanol–water partition coefficient (Wildman–Crippen LogP) is 0.108. The highest BCUT2D eigenvalue weighted by Crippen LogP contribution is 2.26. The first-order valence-corrected chi connectivity index (χ1v) is 10.1. The first-order chi connectivity index (χ1) is 16.8. The smallest absolute Gasteiger partial charge is 0.351 e. The minimum Gasteiger partial charge on any atom is -0.505 e. The van der Waals surface area contributed by atoms with Crippen molar-refractivity contribution >= 4 is 31.9 Å². The molecule has 0 aliphatic carbocycles. The average Bonchev–Trinajstić information content (AvgIpc) is 2.89. The molecule has 12 heteroatoms. The van der Waals surface area contributed by atoms with Crippen LogP contribution in [0.4, 0.5) is 8.78 Å². The van der Waals surface area contributed by atoms with Crippen LogP contribution >= 0.6 is 0 Å². The zero-order chi connectivity index (χ0) is 26.0. The van der Waals surface area contributed by atoms with Gasteiger partial charge in [-0.2, -0.15) is 0 Å². The molecule has 3 aromatic carbocycles. The zero-order valence-corrected chi connectivity index (χ0v) is 18.6. The quantitative estimate of drug-likeness (QED) is 0.224. The van der Waals surface area contributed by atoms with Gasteiger partial charge in [-0.3, -0.25) is 0 Å². The molecule has 1 atom stereocenters. The largest absolute Gasteiger partial charge is 0.505 e. The molecule has 0 bridgehead atoms. The van der Waals surface area contributed by atoms with Gasteiger partial charge in [0.05, 0.1) is 20.3 Å². The van der Waals surface area contributed by atoms with E-state index in [-0.39, 0.29) is 34.4 Å². The lowest BCUT2D eigenvalue weighted by molar-refractivity contribution is -0.149. The highest BCUT2D eigenvalue weighted by atomic mass is 19.1. The molecule has 0 heterocycles. The molecule has 0 amide bonds. The van der Waals surface area contributed by atoms with E-state index in [9.17, 15) is 13.6 Å². The Bertz CT molecular complexity index is 1100. The summed E-state index contributed by atoms with van der Waals surface area (Å²) in [6.07, 6.45) is -1.15. The zero-order valence-electron chi connectivity index (χ0n) is 18.6. The molecule has 2 radical (unpaired) electrons. The van der Waals surface area contributed by atoms with Crippen LogP contribution < -0.4 is 15.7 Å². The van der Waals surface area contributed by atoms with Crippen molar-refractivity contribution in [3.63, 3.8) is 0 Å². The summed E-state index contributed by atoms with van der Waals surface area (Å²) >= 11 is 0. The standard InChI is InChI=1S/C16H15BFO5.C7H7BFO3/c1-22-16(20)15(10-5-3-2-4-6-10)23-14-8-12(17-21)11(9-19)7-13(14)18;9-6-1-4(3-10)5(8-12)2-7(6)11/h2-8,15,19,21H,9H2,1H3;1-2,10-12H,3H2. The van der Waals surface area contributed by atoms with Gasteiger partial charge in [0.25, 0.3) is 0 Å². The molecule has 0 saturated carbocycles. The van der Waals surface area contributed by atoms with Gasteiger partial charge in [-0.25, -0.2) is 13.6 Å². The molecule has 0 saturated heterocycles. The molecule has 0 fully saturated rings. The summed E-state index contributed by atoms with van der Waals surface area (Å²) in [5.41, 5.74) is 1.33. The number of rotatable bonds is 8. The number of hydrogen-bond acceptors (Lipinski definition) is 8. The molecular weight excluding hydrogens is 464 g/mol. The van der Waals surface area contributed by atoms with Gasteiger partial charge < -0.3 is 34.8 Å². The number of aliphatic hydroxyl groups excluding tert-OH is 2. The molecule has 0 spiro atoms. The lowest BCUT2D eigenvalue weighted by atomic mass is 9.84. The van der Waals surface area contributed by atoms with Crippen LogP contribution in [0.2, 0.25) is 0 Å². The normalized spacial score (nSPS) is 11.1. The van der Waals surface area contributed by atoms with Gasteiger partial charge in [0.1, 0.15) is 0 Å². The van der Waals surface area contributed by atoms with Crippen molar-refractivity contribution in [3.8, 4) is 11.5 Å². The topological polar surface area (TPSA) is 137 Å². The Hall–Kier alpha value is -3.44. The summed E-state index contributed by atoms with van der Waals surface area (Å²) in [6.45, 7) is -0.827. The van der Waals surface area contributed by atoms with Gasteiger partial charge in [-0.05, 0) is 46.3 Å². The van der Waals surface area contributed by atoms with Crippen LogP contribution in [0.1, 0.15) is 22.8 Å². The predicted molar refractivity (Wildman–Crippen MR) is 123 cm³/mol. The van der Waals surface area contributed by atoms with Crippen molar-refractivity contribution in [2.45, 2.75) is 19.3 Å². The van der Waals surface area contributed by atoms with E-state index in [1.54, 1.807) is 30.3 Å². The molecule has 1 unspecified atom stereocenters. The van der Waals surface area contributed by atoms with E-state index in [1.165, 1.54) is 13.2 Å². The van der Waals surface area contributed by atoms with Crippen LogP contribution in [0.5, 0.6) is 11.5 Å². The number of aromatic hydroxyl groups is 1. The maximum Gasteiger partial charge on any atom is 0.351 e. The Morgan fingerprint density at radius 1 is 0.914 bits per heavy atom. The number of carbonyl (C=O) groups excluding carboxylic acids is 1. The summed E-state index contributed by atoms with van der Waals surface area (Å²) in [5, 5.41) is 44.4. The van der Waals surface area contributed by atoms with E-state index in [0.29, 0.717) is 13.0 Å². The van der Waals surface area contributed by atoms with Crippen LogP contribution in [-0.4, -0.2) is 53.4 Å². The van der Waals surface area contributed by atoms with Gasteiger partial charge in [0.2, 0.25) is 6.10 Å². The second-order valence-corrected chi connectivity index (χ2v) is 6.99. The van der Waals surface area contributed by atoms with Crippen molar-refractivity contribution in [1.29, 1.82) is 0 Å². The monoisotopic (exact) mass is 486 g/mol. The highest BCUT2D eigenvalue weighted by molar-refractivity contribution is 6.46. The van der Waals surface area contributed by atoms with Crippen molar-refractivity contribution in [3.05, 3.63) is 82.9 Å². The lowest BCUT2D eigenvalue weighted by Crippen LogP contribution is -2.24.